The second-order valence-corrected chi connectivity index (χ2v) is 8.08. The van der Waals surface area contributed by atoms with Gasteiger partial charge >= 0.3 is 0 Å². The van der Waals surface area contributed by atoms with E-state index in [9.17, 15) is 4.79 Å². The highest BCUT2D eigenvalue weighted by molar-refractivity contribution is 5.58. The molecule has 1 aliphatic rings. The molecule has 1 aliphatic carbocycles. The third-order valence-corrected chi connectivity index (χ3v) is 6.22. The lowest BCUT2D eigenvalue weighted by Crippen LogP contribution is -2.36. The molecule has 0 aliphatic heterocycles. The van der Waals surface area contributed by atoms with E-state index in [0.29, 0.717) is 5.92 Å². The van der Waals surface area contributed by atoms with Crippen molar-refractivity contribution in [3.05, 3.63) is 126 Å². The number of rotatable bonds is 7. The lowest BCUT2D eigenvalue weighted by molar-refractivity contribution is -0.109. The zero-order valence-corrected chi connectivity index (χ0v) is 16.8. The molecule has 0 unspecified atom stereocenters. The topological polar surface area (TPSA) is 34.9 Å². The molecule has 30 heavy (non-hydrogen) atoms. The molecule has 4 aromatic rings. The first-order valence-electron chi connectivity index (χ1n) is 10.5. The number of nitrogens with zero attached hydrogens (tertiary/aromatic N) is 2. The Kier molecular flexibility index (Phi) is 4.80. The number of aldehydes is 1. The summed E-state index contributed by atoms with van der Waals surface area (Å²) in [6, 6.07) is 31.8. The molecule has 0 amide bonds. The number of hydrogen-bond donors (Lipinski definition) is 0. The van der Waals surface area contributed by atoms with Crippen LogP contribution < -0.4 is 0 Å². The molecule has 0 bridgehead atoms. The fraction of sp³-hybridized carbons (Fsp3) is 0.185. The van der Waals surface area contributed by atoms with Gasteiger partial charge in [0.25, 0.3) is 0 Å². The standard InChI is InChI=1S/C27H24N2O/c30-19-22-16-21(22)17-26-18-29(20-28-26)27(23-10-4-1-5-11-23,24-12-6-2-7-13-24)25-14-8-3-9-15-25/h1-15,18-22H,16-17H2/t21-,22+/m0/s1. The molecule has 1 aromatic heterocycles. The van der Waals surface area contributed by atoms with Crippen molar-refractivity contribution in [1.29, 1.82) is 0 Å². The summed E-state index contributed by atoms with van der Waals surface area (Å²) in [4.78, 5) is 15.8. The van der Waals surface area contributed by atoms with E-state index in [1.54, 1.807) is 0 Å². The molecule has 3 nitrogen and oxygen atoms in total. The first-order valence-corrected chi connectivity index (χ1v) is 10.5. The van der Waals surface area contributed by atoms with Crippen molar-refractivity contribution in [2.75, 3.05) is 0 Å². The van der Waals surface area contributed by atoms with Gasteiger partial charge < -0.3 is 9.36 Å². The minimum atomic E-state index is -0.525. The van der Waals surface area contributed by atoms with Crippen LogP contribution >= 0.6 is 0 Å². The Morgan fingerprint density at radius 2 is 1.33 bits per heavy atom. The highest BCUT2D eigenvalue weighted by Gasteiger charge is 2.40. The van der Waals surface area contributed by atoms with Gasteiger partial charge in [-0.1, -0.05) is 91.0 Å². The Morgan fingerprint density at radius 3 is 1.77 bits per heavy atom. The van der Waals surface area contributed by atoms with Crippen molar-refractivity contribution in [2.24, 2.45) is 11.8 Å². The highest BCUT2D eigenvalue weighted by atomic mass is 16.1. The molecule has 3 heteroatoms. The summed E-state index contributed by atoms with van der Waals surface area (Å²) in [7, 11) is 0. The first kappa shape index (κ1) is 18.6. The maximum atomic E-state index is 11.1. The average Bonchev–Trinajstić information content (AvgIpc) is 3.41. The Hall–Kier alpha value is -3.46. The number of carbonyl (C=O) groups is 1. The van der Waals surface area contributed by atoms with Crippen LogP contribution in [0.1, 0.15) is 28.8 Å². The molecule has 3 aromatic carbocycles. The quantitative estimate of drug-likeness (QED) is 0.324. The summed E-state index contributed by atoms with van der Waals surface area (Å²) in [5.41, 5.74) is 4.06. The highest BCUT2D eigenvalue weighted by Crippen LogP contribution is 2.42. The Morgan fingerprint density at radius 1 is 0.833 bits per heavy atom. The van der Waals surface area contributed by atoms with Gasteiger partial charge in [-0.2, -0.15) is 0 Å². The van der Waals surface area contributed by atoms with E-state index in [1.165, 1.54) is 16.7 Å². The van der Waals surface area contributed by atoms with E-state index in [2.05, 4.69) is 102 Å². The van der Waals surface area contributed by atoms with E-state index in [4.69, 9.17) is 4.98 Å². The summed E-state index contributed by atoms with van der Waals surface area (Å²) >= 11 is 0. The first-order chi connectivity index (χ1) is 14.8. The summed E-state index contributed by atoms with van der Waals surface area (Å²) in [5, 5.41) is 0. The maximum Gasteiger partial charge on any atom is 0.123 e. The fourth-order valence-corrected chi connectivity index (χ4v) is 4.58. The third-order valence-electron chi connectivity index (χ3n) is 6.22. The number of aromatic nitrogens is 2. The average molecular weight is 393 g/mol. The van der Waals surface area contributed by atoms with E-state index in [1.807, 2.05) is 6.33 Å². The van der Waals surface area contributed by atoms with Crippen LogP contribution in [0.4, 0.5) is 0 Å². The second-order valence-electron chi connectivity index (χ2n) is 8.08. The van der Waals surface area contributed by atoms with Gasteiger partial charge in [0.1, 0.15) is 11.8 Å². The van der Waals surface area contributed by atoms with E-state index in [-0.39, 0.29) is 5.92 Å². The van der Waals surface area contributed by atoms with Crippen molar-refractivity contribution in [1.82, 2.24) is 9.55 Å². The van der Waals surface area contributed by atoms with Gasteiger partial charge in [-0.3, -0.25) is 0 Å². The van der Waals surface area contributed by atoms with Crippen molar-refractivity contribution < 1.29 is 4.79 Å². The van der Waals surface area contributed by atoms with E-state index < -0.39 is 5.54 Å². The zero-order chi connectivity index (χ0) is 20.4. The van der Waals surface area contributed by atoms with Crippen molar-refractivity contribution in [3.8, 4) is 0 Å². The smallest absolute Gasteiger partial charge is 0.123 e. The van der Waals surface area contributed by atoms with Gasteiger partial charge in [0, 0.05) is 12.1 Å². The number of benzene rings is 3. The molecule has 1 fully saturated rings. The second kappa shape index (κ2) is 7.75. The van der Waals surface area contributed by atoms with Gasteiger partial charge in [-0.25, -0.2) is 4.98 Å². The summed E-state index contributed by atoms with van der Waals surface area (Å²) in [6.07, 6.45) is 7.03. The molecule has 0 N–H and O–H groups in total. The minimum Gasteiger partial charge on any atom is -0.319 e. The Labute approximate surface area is 177 Å². The van der Waals surface area contributed by atoms with Gasteiger partial charge in [0.2, 0.25) is 0 Å². The lowest BCUT2D eigenvalue weighted by atomic mass is 9.77. The Balaban J connectivity index is 1.70. The van der Waals surface area contributed by atoms with Crippen LogP contribution in [-0.2, 0) is 16.8 Å². The van der Waals surface area contributed by atoms with Gasteiger partial charge in [0.15, 0.2) is 0 Å². The molecule has 148 valence electrons. The normalized spacial score (nSPS) is 18.1. The van der Waals surface area contributed by atoms with Crippen LogP contribution in [0, 0.1) is 11.8 Å². The molecule has 0 radical (unpaired) electrons. The number of hydrogen-bond acceptors (Lipinski definition) is 2. The van der Waals surface area contributed by atoms with Crippen LogP contribution in [0.2, 0.25) is 0 Å². The van der Waals surface area contributed by atoms with E-state index in [0.717, 1.165) is 24.8 Å². The van der Waals surface area contributed by atoms with Crippen LogP contribution in [0.5, 0.6) is 0 Å². The van der Waals surface area contributed by atoms with Gasteiger partial charge in [-0.15, -0.1) is 0 Å². The Bertz CT molecular complexity index is 1020. The summed E-state index contributed by atoms with van der Waals surface area (Å²) < 4.78 is 2.24. The molecule has 2 atom stereocenters. The fourth-order valence-electron chi connectivity index (χ4n) is 4.58. The minimum absolute atomic E-state index is 0.206. The molecule has 0 spiro atoms. The lowest BCUT2D eigenvalue weighted by Gasteiger charge is -2.37. The SMILES string of the molecule is O=C[C@H]1C[C@H]1Cc1cn(C(c2ccccc2)(c2ccccc2)c2ccccc2)cn1. The molecular formula is C27H24N2O. The third kappa shape index (κ3) is 3.17. The molecule has 0 saturated heterocycles. The van der Waals surface area contributed by atoms with E-state index >= 15 is 0 Å². The van der Waals surface area contributed by atoms with Crippen molar-refractivity contribution in [2.45, 2.75) is 18.4 Å². The molecule has 1 saturated carbocycles. The zero-order valence-electron chi connectivity index (χ0n) is 16.8. The maximum absolute atomic E-state index is 11.1. The predicted molar refractivity (Wildman–Crippen MR) is 118 cm³/mol. The van der Waals surface area contributed by atoms with Crippen LogP contribution in [0.3, 0.4) is 0 Å². The number of imidazole rings is 1. The molecular weight excluding hydrogens is 368 g/mol. The van der Waals surface area contributed by atoms with Gasteiger partial charge in [0.05, 0.1) is 12.0 Å². The predicted octanol–water partition coefficient (Wildman–Crippen LogP) is 5.10. The number of carbonyl (C=O) groups excluding carboxylic acids is 1. The van der Waals surface area contributed by atoms with Crippen LogP contribution in [0.25, 0.3) is 0 Å². The van der Waals surface area contributed by atoms with Crippen molar-refractivity contribution in [3.63, 3.8) is 0 Å². The van der Waals surface area contributed by atoms with Crippen LogP contribution in [0.15, 0.2) is 104 Å². The van der Waals surface area contributed by atoms with Crippen LogP contribution in [-0.4, -0.2) is 15.8 Å². The monoisotopic (exact) mass is 392 g/mol. The largest absolute Gasteiger partial charge is 0.319 e. The summed E-state index contributed by atoms with van der Waals surface area (Å²) in [5.74, 6) is 0.641. The molecule has 1 heterocycles. The molecule has 5 rings (SSSR count). The van der Waals surface area contributed by atoms with Gasteiger partial charge in [-0.05, 0) is 35.4 Å². The van der Waals surface area contributed by atoms with Crippen molar-refractivity contribution >= 4 is 6.29 Å². The summed E-state index contributed by atoms with van der Waals surface area (Å²) in [6.45, 7) is 0.